The van der Waals surface area contributed by atoms with E-state index in [2.05, 4.69) is 31.9 Å². The lowest BCUT2D eigenvalue weighted by molar-refractivity contribution is -0.144. The van der Waals surface area contributed by atoms with Crippen LogP contribution in [0.25, 0.3) is 0 Å². The molecule has 1 aliphatic heterocycles. The van der Waals surface area contributed by atoms with E-state index in [-0.39, 0.29) is 23.9 Å². The van der Waals surface area contributed by atoms with Gasteiger partial charge < -0.3 is 5.11 Å². The molecule has 5 nitrogen and oxygen atoms in total. The summed E-state index contributed by atoms with van der Waals surface area (Å²) in [4.78, 5) is 11.1. The number of nitrogens with zero attached hydrogens (tertiary/aromatic N) is 1. The van der Waals surface area contributed by atoms with Gasteiger partial charge in [-0.2, -0.15) is 4.31 Å². The maximum atomic E-state index is 12.6. The van der Waals surface area contributed by atoms with Gasteiger partial charge >= 0.3 is 5.97 Å². The van der Waals surface area contributed by atoms with E-state index in [0.717, 1.165) is 10.0 Å². The van der Waals surface area contributed by atoms with E-state index in [1.54, 1.807) is 19.1 Å². The van der Waals surface area contributed by atoms with Gasteiger partial charge in [-0.15, -0.1) is 0 Å². The summed E-state index contributed by atoms with van der Waals surface area (Å²) < 4.78 is 27.7. The molecule has 1 saturated heterocycles. The van der Waals surface area contributed by atoms with Crippen molar-refractivity contribution in [2.75, 3.05) is 13.1 Å². The number of carbonyl (C=O) groups is 1. The van der Waals surface area contributed by atoms with Crippen molar-refractivity contribution < 1.29 is 18.3 Å². The molecule has 0 spiro atoms. The molecule has 1 aromatic rings. The highest BCUT2D eigenvalue weighted by atomic mass is 79.9. The molecule has 0 aromatic heterocycles. The number of sulfonamides is 1. The SMILES string of the molecule is Cc1cc(Br)c(S(=O)(=O)N2CC(C(C)C(=O)O)C2)cc1Br. The molecule has 0 bridgehead atoms. The zero-order valence-corrected chi connectivity index (χ0v) is 15.5. The Labute approximate surface area is 140 Å². The standard InChI is InChI=1S/C13H15Br2NO4S/c1-7-3-11(15)12(4-10(7)14)21(19,20)16-5-9(6-16)8(2)13(17)18/h3-4,8-9H,5-6H2,1-2H3,(H,17,18). The third kappa shape index (κ3) is 3.18. The van der Waals surface area contributed by atoms with Crippen LogP contribution in [0.5, 0.6) is 0 Å². The van der Waals surface area contributed by atoms with Crippen LogP contribution in [0.2, 0.25) is 0 Å². The summed E-state index contributed by atoms with van der Waals surface area (Å²) in [5.74, 6) is -1.56. The van der Waals surface area contributed by atoms with E-state index in [0.29, 0.717) is 4.47 Å². The van der Waals surface area contributed by atoms with Crippen molar-refractivity contribution in [3.05, 3.63) is 26.6 Å². The van der Waals surface area contributed by atoms with E-state index in [9.17, 15) is 13.2 Å². The minimum atomic E-state index is -3.60. The van der Waals surface area contributed by atoms with Crippen LogP contribution in [0.15, 0.2) is 26.0 Å². The lowest BCUT2D eigenvalue weighted by atomic mass is 9.89. The van der Waals surface area contributed by atoms with Crippen LogP contribution < -0.4 is 0 Å². The molecule has 1 fully saturated rings. The Kier molecular flexibility index (Phi) is 4.82. The normalized spacial score (nSPS) is 18.3. The molecule has 0 amide bonds. The lowest BCUT2D eigenvalue weighted by Crippen LogP contribution is -2.53. The number of hydrogen-bond acceptors (Lipinski definition) is 3. The van der Waals surface area contributed by atoms with Crippen LogP contribution in [-0.4, -0.2) is 36.9 Å². The fraction of sp³-hybridized carbons (Fsp3) is 0.462. The minimum Gasteiger partial charge on any atom is -0.481 e. The van der Waals surface area contributed by atoms with Crippen molar-refractivity contribution in [1.29, 1.82) is 0 Å². The van der Waals surface area contributed by atoms with E-state index < -0.39 is 21.9 Å². The van der Waals surface area contributed by atoms with Crippen molar-refractivity contribution in [2.45, 2.75) is 18.7 Å². The quantitative estimate of drug-likeness (QED) is 0.780. The summed E-state index contributed by atoms with van der Waals surface area (Å²) in [6.45, 7) is 3.97. The molecular weight excluding hydrogens is 426 g/mol. The van der Waals surface area contributed by atoms with Crippen molar-refractivity contribution in [3.63, 3.8) is 0 Å². The maximum Gasteiger partial charge on any atom is 0.306 e. The fourth-order valence-electron chi connectivity index (χ4n) is 2.15. The van der Waals surface area contributed by atoms with Crippen molar-refractivity contribution in [2.24, 2.45) is 11.8 Å². The number of aryl methyl sites for hydroxylation is 1. The highest BCUT2D eigenvalue weighted by Gasteiger charge is 2.41. The molecule has 1 N–H and O–H groups in total. The average Bonchev–Trinajstić information content (AvgIpc) is 2.31. The second kappa shape index (κ2) is 5.98. The minimum absolute atomic E-state index is 0.134. The number of benzene rings is 1. The first-order valence-electron chi connectivity index (χ1n) is 6.33. The molecule has 1 atom stereocenters. The molecule has 0 radical (unpaired) electrons. The van der Waals surface area contributed by atoms with Gasteiger partial charge in [0, 0.05) is 22.0 Å². The predicted octanol–water partition coefficient (Wildman–Crippen LogP) is 2.86. The van der Waals surface area contributed by atoms with E-state index in [1.807, 2.05) is 6.92 Å². The van der Waals surface area contributed by atoms with Gasteiger partial charge in [0.2, 0.25) is 10.0 Å². The second-order valence-corrected chi connectivity index (χ2v) is 8.86. The molecule has 21 heavy (non-hydrogen) atoms. The number of halogens is 2. The molecule has 116 valence electrons. The largest absolute Gasteiger partial charge is 0.481 e. The highest BCUT2D eigenvalue weighted by Crippen LogP contribution is 2.35. The summed E-state index contributed by atoms with van der Waals surface area (Å²) in [5, 5.41) is 8.95. The Morgan fingerprint density at radius 2 is 1.90 bits per heavy atom. The summed E-state index contributed by atoms with van der Waals surface area (Å²) in [6, 6.07) is 3.32. The highest BCUT2D eigenvalue weighted by molar-refractivity contribution is 9.11. The predicted molar refractivity (Wildman–Crippen MR) is 85.6 cm³/mol. The lowest BCUT2D eigenvalue weighted by Gasteiger charge is -2.40. The third-order valence-corrected chi connectivity index (χ3v) is 7.45. The van der Waals surface area contributed by atoms with Gasteiger partial charge in [-0.05, 0) is 46.5 Å². The van der Waals surface area contributed by atoms with Gasteiger partial charge in [0.1, 0.15) is 0 Å². The number of carboxylic acid groups (broad SMARTS) is 1. The first-order valence-corrected chi connectivity index (χ1v) is 9.35. The fourth-order valence-corrected chi connectivity index (χ4v) is 5.34. The van der Waals surface area contributed by atoms with Crippen LogP contribution in [-0.2, 0) is 14.8 Å². The van der Waals surface area contributed by atoms with Gasteiger partial charge in [-0.25, -0.2) is 8.42 Å². The third-order valence-electron chi connectivity index (χ3n) is 3.80. The Hall–Kier alpha value is -0.440. The van der Waals surface area contributed by atoms with Gasteiger partial charge in [0.25, 0.3) is 0 Å². The summed E-state index contributed by atoms with van der Waals surface area (Å²) >= 11 is 6.62. The second-order valence-electron chi connectivity index (χ2n) is 5.24. The Morgan fingerprint density at radius 1 is 1.33 bits per heavy atom. The van der Waals surface area contributed by atoms with Gasteiger partial charge in [0.05, 0.1) is 10.8 Å². The monoisotopic (exact) mass is 439 g/mol. The first-order chi connectivity index (χ1) is 9.64. The van der Waals surface area contributed by atoms with E-state index >= 15 is 0 Å². The van der Waals surface area contributed by atoms with Crippen LogP contribution in [0.4, 0.5) is 0 Å². The molecule has 0 aliphatic carbocycles. The van der Waals surface area contributed by atoms with Crippen LogP contribution in [0.3, 0.4) is 0 Å². The van der Waals surface area contributed by atoms with E-state index in [1.165, 1.54) is 4.31 Å². The number of carboxylic acids is 1. The zero-order chi connectivity index (χ0) is 15.9. The van der Waals surface area contributed by atoms with Crippen molar-refractivity contribution in [3.8, 4) is 0 Å². The van der Waals surface area contributed by atoms with Gasteiger partial charge in [-0.1, -0.05) is 22.9 Å². The molecular formula is C13H15Br2NO4S. The summed E-state index contributed by atoms with van der Waals surface area (Å²) in [6.07, 6.45) is 0. The van der Waals surface area contributed by atoms with Crippen LogP contribution in [0, 0.1) is 18.8 Å². The van der Waals surface area contributed by atoms with E-state index in [4.69, 9.17) is 5.11 Å². The molecule has 8 heteroatoms. The summed E-state index contributed by atoms with van der Waals surface area (Å²) in [5.41, 5.74) is 0.932. The molecule has 1 unspecified atom stereocenters. The average molecular weight is 441 g/mol. The first kappa shape index (κ1) is 16.9. The number of rotatable bonds is 4. The van der Waals surface area contributed by atoms with Crippen LogP contribution >= 0.6 is 31.9 Å². The summed E-state index contributed by atoms with van der Waals surface area (Å²) in [7, 11) is -3.60. The maximum absolute atomic E-state index is 12.6. The number of hydrogen-bond donors (Lipinski definition) is 1. The molecule has 2 rings (SSSR count). The molecule has 1 heterocycles. The molecule has 1 aliphatic rings. The van der Waals surface area contributed by atoms with Gasteiger partial charge in [0.15, 0.2) is 0 Å². The Morgan fingerprint density at radius 3 is 2.43 bits per heavy atom. The zero-order valence-electron chi connectivity index (χ0n) is 11.5. The molecule has 1 aromatic carbocycles. The Bertz CT molecular complexity index is 684. The topological polar surface area (TPSA) is 74.7 Å². The van der Waals surface area contributed by atoms with Crippen molar-refractivity contribution >= 4 is 47.9 Å². The Balaban J connectivity index is 2.22. The van der Waals surface area contributed by atoms with Crippen molar-refractivity contribution in [1.82, 2.24) is 4.31 Å². The van der Waals surface area contributed by atoms with Crippen LogP contribution in [0.1, 0.15) is 12.5 Å². The number of aliphatic carboxylic acids is 1. The molecule has 0 saturated carbocycles. The smallest absolute Gasteiger partial charge is 0.306 e. The van der Waals surface area contributed by atoms with Gasteiger partial charge in [-0.3, -0.25) is 4.79 Å².